The highest BCUT2D eigenvalue weighted by atomic mass is 35.5. The molecule has 1 fully saturated rings. The van der Waals surface area contributed by atoms with Crippen LogP contribution in [-0.2, 0) is 11.2 Å². The standard InChI is InChI=1S/C28H33ClN2O3/c1-34-21-10-11-27-24(17-21)23(13-15-31-27)26(29)16-20(9-5-8-19-6-3-2-4-7-19)22-12-14-30-18-25(22)28(32)33/h2-4,6-7,10-11,13,15,17,20,22,25-26,30H,5,8-9,12,14,16,18H2,1H3,(H,32,33)/t20-,22?,25?,26-/m0/s1. The number of nitrogens with one attached hydrogen (secondary N) is 1. The van der Waals surface area contributed by atoms with Crippen LogP contribution < -0.4 is 10.1 Å². The van der Waals surface area contributed by atoms with Gasteiger partial charge in [0.25, 0.3) is 0 Å². The van der Waals surface area contributed by atoms with E-state index in [0.29, 0.717) is 6.54 Å². The summed E-state index contributed by atoms with van der Waals surface area (Å²) in [6.07, 6.45) is 6.36. The third-order valence-electron chi connectivity index (χ3n) is 7.17. The number of pyridine rings is 1. The third kappa shape index (κ3) is 5.89. The minimum Gasteiger partial charge on any atom is -0.497 e. The molecule has 1 aromatic heterocycles. The summed E-state index contributed by atoms with van der Waals surface area (Å²) in [5, 5.41) is 13.9. The molecule has 1 aliphatic heterocycles. The van der Waals surface area contributed by atoms with Crippen molar-refractivity contribution in [3.8, 4) is 5.75 Å². The number of alkyl halides is 1. The van der Waals surface area contributed by atoms with E-state index in [4.69, 9.17) is 16.3 Å². The molecule has 4 rings (SSSR count). The first-order chi connectivity index (χ1) is 16.6. The molecule has 180 valence electrons. The number of nitrogens with zero attached hydrogens (tertiary/aromatic N) is 1. The Labute approximate surface area is 206 Å². The van der Waals surface area contributed by atoms with Crippen LogP contribution >= 0.6 is 11.6 Å². The van der Waals surface area contributed by atoms with Crippen molar-refractivity contribution in [2.24, 2.45) is 17.8 Å². The molecule has 0 amide bonds. The summed E-state index contributed by atoms with van der Waals surface area (Å²) in [5.41, 5.74) is 3.23. The number of rotatable bonds is 10. The number of carboxylic acid groups (broad SMARTS) is 1. The first-order valence-electron chi connectivity index (χ1n) is 12.1. The van der Waals surface area contributed by atoms with Crippen LogP contribution in [0.2, 0.25) is 0 Å². The molecule has 0 bridgehead atoms. The fourth-order valence-electron chi connectivity index (χ4n) is 5.37. The van der Waals surface area contributed by atoms with Gasteiger partial charge in [-0.15, -0.1) is 11.6 Å². The van der Waals surface area contributed by atoms with Crippen LogP contribution in [0, 0.1) is 17.8 Å². The summed E-state index contributed by atoms with van der Waals surface area (Å²) in [7, 11) is 1.65. The van der Waals surface area contributed by atoms with Crippen molar-refractivity contribution < 1.29 is 14.6 Å². The lowest BCUT2D eigenvalue weighted by Gasteiger charge is -2.36. The van der Waals surface area contributed by atoms with Gasteiger partial charge in [-0.1, -0.05) is 30.3 Å². The van der Waals surface area contributed by atoms with Gasteiger partial charge in [-0.2, -0.15) is 0 Å². The molecule has 4 atom stereocenters. The summed E-state index contributed by atoms with van der Waals surface area (Å²) in [4.78, 5) is 16.6. The van der Waals surface area contributed by atoms with Crippen LogP contribution in [0.1, 0.15) is 42.2 Å². The molecule has 2 unspecified atom stereocenters. The van der Waals surface area contributed by atoms with Gasteiger partial charge in [-0.25, -0.2) is 0 Å². The molecule has 1 saturated heterocycles. The molecule has 2 N–H and O–H groups in total. The van der Waals surface area contributed by atoms with Crippen molar-refractivity contribution in [3.05, 3.63) is 71.9 Å². The van der Waals surface area contributed by atoms with Gasteiger partial charge in [-0.05, 0) is 85.9 Å². The first-order valence-corrected chi connectivity index (χ1v) is 12.5. The predicted octanol–water partition coefficient (Wildman–Crippen LogP) is 5.86. The monoisotopic (exact) mass is 480 g/mol. The highest BCUT2D eigenvalue weighted by molar-refractivity contribution is 6.21. The maximum atomic E-state index is 12.1. The molecule has 0 saturated carbocycles. The van der Waals surface area contributed by atoms with Crippen LogP contribution in [0.15, 0.2) is 60.8 Å². The molecule has 3 aromatic rings. The zero-order valence-electron chi connectivity index (χ0n) is 19.6. The lowest BCUT2D eigenvalue weighted by atomic mass is 9.72. The van der Waals surface area contributed by atoms with E-state index in [9.17, 15) is 9.90 Å². The SMILES string of the molecule is COc1ccc2nccc([C@@H](Cl)C[C@H](CCCc3ccccc3)C3CCNCC3C(=O)O)c2c1. The Bertz CT molecular complexity index is 1090. The van der Waals surface area contributed by atoms with Crippen molar-refractivity contribution in [1.82, 2.24) is 10.3 Å². The van der Waals surface area contributed by atoms with Crippen LogP contribution in [0.25, 0.3) is 10.9 Å². The number of carbonyl (C=O) groups is 1. The zero-order chi connectivity index (χ0) is 23.9. The number of hydrogen-bond acceptors (Lipinski definition) is 4. The van der Waals surface area contributed by atoms with Gasteiger partial charge in [0.2, 0.25) is 0 Å². The van der Waals surface area contributed by atoms with Gasteiger partial charge in [0.15, 0.2) is 0 Å². The van der Waals surface area contributed by atoms with Gasteiger partial charge >= 0.3 is 5.97 Å². The molecule has 0 spiro atoms. The summed E-state index contributed by atoms with van der Waals surface area (Å²) < 4.78 is 5.43. The normalized spacial score (nSPS) is 20.1. The van der Waals surface area contributed by atoms with Gasteiger partial charge in [0.1, 0.15) is 5.75 Å². The van der Waals surface area contributed by atoms with Gasteiger partial charge in [0.05, 0.1) is 23.9 Å². The highest BCUT2D eigenvalue weighted by Gasteiger charge is 2.37. The summed E-state index contributed by atoms with van der Waals surface area (Å²) in [6, 6.07) is 18.3. The predicted molar refractivity (Wildman–Crippen MR) is 136 cm³/mol. The minimum atomic E-state index is -0.713. The maximum absolute atomic E-state index is 12.1. The first kappa shape index (κ1) is 24.5. The third-order valence-corrected chi connectivity index (χ3v) is 7.58. The Hall–Kier alpha value is -2.63. The number of methoxy groups -OCH3 is 1. The van der Waals surface area contributed by atoms with E-state index in [1.807, 2.05) is 30.3 Å². The van der Waals surface area contributed by atoms with Crippen LogP contribution in [0.4, 0.5) is 0 Å². The van der Waals surface area contributed by atoms with Gasteiger partial charge in [-0.3, -0.25) is 9.78 Å². The van der Waals surface area contributed by atoms with E-state index in [1.165, 1.54) is 5.56 Å². The minimum absolute atomic E-state index is 0.110. The number of ether oxygens (including phenoxy) is 1. The van der Waals surface area contributed by atoms with Crippen molar-refractivity contribution in [3.63, 3.8) is 0 Å². The van der Waals surface area contributed by atoms with E-state index in [1.54, 1.807) is 13.3 Å². The Morgan fingerprint density at radius 2 is 2.06 bits per heavy atom. The average molecular weight is 481 g/mol. The number of benzene rings is 2. The summed E-state index contributed by atoms with van der Waals surface area (Å²) in [5.74, 6) is 0.0140. The van der Waals surface area contributed by atoms with E-state index < -0.39 is 5.97 Å². The Balaban J connectivity index is 1.56. The maximum Gasteiger partial charge on any atom is 0.308 e. The van der Waals surface area contributed by atoms with Gasteiger partial charge in [0, 0.05) is 18.1 Å². The summed E-state index contributed by atoms with van der Waals surface area (Å²) in [6.45, 7) is 1.38. The van der Waals surface area contributed by atoms with E-state index in [2.05, 4.69) is 34.6 Å². The Morgan fingerprint density at radius 1 is 1.24 bits per heavy atom. The molecular formula is C28H33ClN2O3. The smallest absolute Gasteiger partial charge is 0.308 e. The lowest BCUT2D eigenvalue weighted by molar-refractivity contribution is -0.145. The topological polar surface area (TPSA) is 71.5 Å². The van der Waals surface area contributed by atoms with Crippen LogP contribution in [-0.4, -0.2) is 36.3 Å². The number of carboxylic acids is 1. The number of hydrogen-bond donors (Lipinski definition) is 2. The van der Waals surface area contributed by atoms with Crippen molar-refractivity contribution in [1.29, 1.82) is 0 Å². The molecule has 6 heteroatoms. The molecule has 2 aromatic carbocycles. The second-order valence-electron chi connectivity index (χ2n) is 9.23. The van der Waals surface area contributed by atoms with E-state index in [0.717, 1.165) is 60.9 Å². The Morgan fingerprint density at radius 3 is 2.82 bits per heavy atom. The highest BCUT2D eigenvalue weighted by Crippen LogP contribution is 2.41. The molecular weight excluding hydrogens is 448 g/mol. The largest absolute Gasteiger partial charge is 0.497 e. The van der Waals surface area contributed by atoms with Crippen LogP contribution in [0.5, 0.6) is 5.75 Å². The van der Waals surface area contributed by atoms with Crippen molar-refractivity contribution in [2.45, 2.75) is 37.5 Å². The zero-order valence-corrected chi connectivity index (χ0v) is 20.4. The second kappa shape index (κ2) is 11.7. The molecule has 1 aliphatic rings. The van der Waals surface area contributed by atoms with E-state index >= 15 is 0 Å². The molecule has 5 nitrogen and oxygen atoms in total. The number of halogens is 1. The fraction of sp³-hybridized carbons (Fsp3) is 0.429. The number of aromatic nitrogens is 1. The summed E-state index contributed by atoms with van der Waals surface area (Å²) >= 11 is 7.09. The Kier molecular flexibility index (Phi) is 8.41. The van der Waals surface area contributed by atoms with Crippen LogP contribution in [0.3, 0.4) is 0 Å². The van der Waals surface area contributed by atoms with E-state index in [-0.39, 0.29) is 23.1 Å². The van der Waals surface area contributed by atoms with Crippen molar-refractivity contribution >= 4 is 28.5 Å². The van der Waals surface area contributed by atoms with Crippen molar-refractivity contribution in [2.75, 3.05) is 20.2 Å². The number of piperidine rings is 1. The van der Waals surface area contributed by atoms with Gasteiger partial charge < -0.3 is 15.2 Å². The molecule has 2 heterocycles. The number of aliphatic carboxylic acids is 1. The molecule has 34 heavy (non-hydrogen) atoms. The number of fused-ring (bicyclic) bond motifs is 1. The fourth-order valence-corrected chi connectivity index (χ4v) is 5.79. The molecule has 0 aliphatic carbocycles. The lowest BCUT2D eigenvalue weighted by Crippen LogP contribution is -2.44. The quantitative estimate of drug-likeness (QED) is 0.355. The second-order valence-corrected chi connectivity index (χ2v) is 9.75. The average Bonchev–Trinajstić information content (AvgIpc) is 2.88. The molecule has 0 radical (unpaired) electrons. The number of aryl methyl sites for hydroxylation is 1.